The first-order valence-corrected chi connectivity index (χ1v) is 8.11. The van der Waals surface area contributed by atoms with Crippen LogP contribution in [0.4, 0.5) is 5.69 Å². The number of rotatable bonds is 5. The first kappa shape index (κ1) is 17.5. The number of anilines is 1. The molecule has 0 aliphatic carbocycles. The van der Waals surface area contributed by atoms with Crippen LogP contribution in [0.25, 0.3) is 0 Å². The van der Waals surface area contributed by atoms with E-state index in [9.17, 15) is 9.59 Å². The summed E-state index contributed by atoms with van der Waals surface area (Å²) in [5.41, 5.74) is 1.42. The van der Waals surface area contributed by atoms with Crippen molar-refractivity contribution < 1.29 is 14.3 Å². The number of hydrogen-bond acceptors (Lipinski definition) is 3. The van der Waals surface area contributed by atoms with Gasteiger partial charge in [0.1, 0.15) is 0 Å². The lowest BCUT2D eigenvalue weighted by Gasteiger charge is -2.13. The molecule has 0 spiro atoms. The maximum atomic E-state index is 12.0. The molecule has 2 aromatic carbocycles. The number of esters is 1. The molecule has 120 valence electrons. The summed E-state index contributed by atoms with van der Waals surface area (Å²) in [4.78, 5) is 23.9. The van der Waals surface area contributed by atoms with Crippen LogP contribution >= 0.6 is 27.5 Å². The minimum atomic E-state index is -0.881. The summed E-state index contributed by atoms with van der Waals surface area (Å²) in [6, 6.07) is 14.0. The highest BCUT2D eigenvalue weighted by Crippen LogP contribution is 2.14. The molecule has 0 bridgehead atoms. The van der Waals surface area contributed by atoms with Gasteiger partial charge in [0.25, 0.3) is 5.91 Å². The Morgan fingerprint density at radius 2 is 1.74 bits per heavy atom. The van der Waals surface area contributed by atoms with E-state index in [2.05, 4.69) is 21.2 Å². The molecular weight excluding hydrogens is 382 g/mol. The van der Waals surface area contributed by atoms with Gasteiger partial charge in [-0.1, -0.05) is 39.7 Å². The molecule has 1 N–H and O–H groups in total. The zero-order valence-electron chi connectivity index (χ0n) is 12.4. The van der Waals surface area contributed by atoms with E-state index in [1.54, 1.807) is 24.3 Å². The molecule has 0 heterocycles. The van der Waals surface area contributed by atoms with Crippen molar-refractivity contribution in [3.8, 4) is 0 Å². The maximum absolute atomic E-state index is 12.0. The van der Waals surface area contributed by atoms with Crippen molar-refractivity contribution in [2.45, 2.75) is 19.4 Å². The lowest BCUT2D eigenvalue weighted by molar-refractivity contribution is -0.152. The van der Waals surface area contributed by atoms with Crippen molar-refractivity contribution in [2.24, 2.45) is 0 Å². The molecule has 0 unspecified atom stereocenters. The molecule has 0 aromatic heterocycles. The van der Waals surface area contributed by atoms with Crippen molar-refractivity contribution >= 4 is 45.1 Å². The van der Waals surface area contributed by atoms with Crippen molar-refractivity contribution in [1.29, 1.82) is 0 Å². The van der Waals surface area contributed by atoms with Crippen LogP contribution in [0.2, 0.25) is 5.02 Å². The molecule has 0 aliphatic heterocycles. The number of ether oxygens (including phenoxy) is 1. The standard InChI is InChI=1S/C17H15BrClNO3/c1-11(17(22)20-15-8-6-14(19)7-9-15)23-16(21)10-12-2-4-13(18)5-3-12/h2-9,11H,10H2,1H3,(H,20,22)/t11-/m1/s1. The van der Waals surface area contributed by atoms with Crippen LogP contribution in [-0.2, 0) is 20.7 Å². The highest BCUT2D eigenvalue weighted by Gasteiger charge is 2.18. The van der Waals surface area contributed by atoms with E-state index in [-0.39, 0.29) is 6.42 Å². The summed E-state index contributed by atoms with van der Waals surface area (Å²) >= 11 is 9.11. The van der Waals surface area contributed by atoms with Crippen molar-refractivity contribution in [3.05, 3.63) is 63.6 Å². The SMILES string of the molecule is C[C@@H](OC(=O)Cc1ccc(Br)cc1)C(=O)Nc1ccc(Cl)cc1. The number of halogens is 2. The molecule has 1 amide bonds. The first-order chi connectivity index (χ1) is 10.9. The van der Waals surface area contributed by atoms with Crippen LogP contribution < -0.4 is 5.32 Å². The average Bonchev–Trinajstić information content (AvgIpc) is 2.51. The fourth-order valence-electron chi connectivity index (χ4n) is 1.84. The largest absolute Gasteiger partial charge is 0.452 e. The normalized spacial score (nSPS) is 11.6. The van der Waals surface area contributed by atoms with Crippen LogP contribution in [0.5, 0.6) is 0 Å². The van der Waals surface area contributed by atoms with E-state index in [0.717, 1.165) is 10.0 Å². The number of nitrogens with one attached hydrogen (secondary N) is 1. The van der Waals surface area contributed by atoms with Crippen LogP contribution in [0, 0.1) is 0 Å². The topological polar surface area (TPSA) is 55.4 Å². The molecule has 0 fully saturated rings. The molecule has 0 saturated carbocycles. The van der Waals surface area contributed by atoms with Gasteiger partial charge >= 0.3 is 5.97 Å². The van der Waals surface area contributed by atoms with Gasteiger partial charge in [0.05, 0.1) is 6.42 Å². The quantitative estimate of drug-likeness (QED) is 0.770. The fourth-order valence-corrected chi connectivity index (χ4v) is 2.23. The molecule has 1 atom stereocenters. The molecule has 4 nitrogen and oxygen atoms in total. The highest BCUT2D eigenvalue weighted by atomic mass is 79.9. The van der Waals surface area contributed by atoms with Gasteiger partial charge < -0.3 is 10.1 Å². The first-order valence-electron chi connectivity index (χ1n) is 6.94. The van der Waals surface area contributed by atoms with Gasteiger partial charge in [0.15, 0.2) is 6.10 Å². The predicted octanol–water partition coefficient (Wildman–Crippen LogP) is 4.22. The monoisotopic (exact) mass is 395 g/mol. The lowest BCUT2D eigenvalue weighted by Crippen LogP contribution is -2.30. The van der Waals surface area contributed by atoms with E-state index in [0.29, 0.717) is 10.7 Å². The van der Waals surface area contributed by atoms with E-state index in [1.165, 1.54) is 6.92 Å². The Morgan fingerprint density at radius 1 is 1.13 bits per heavy atom. The second-order valence-electron chi connectivity index (χ2n) is 4.93. The number of hydrogen-bond donors (Lipinski definition) is 1. The zero-order valence-corrected chi connectivity index (χ0v) is 14.7. The van der Waals surface area contributed by atoms with Gasteiger partial charge in [-0.2, -0.15) is 0 Å². The van der Waals surface area contributed by atoms with Crippen LogP contribution in [0.15, 0.2) is 53.0 Å². The number of carbonyl (C=O) groups excluding carboxylic acids is 2. The number of benzene rings is 2. The Labute approximate surface area is 147 Å². The van der Waals surface area contributed by atoms with E-state index in [1.807, 2.05) is 24.3 Å². The lowest BCUT2D eigenvalue weighted by atomic mass is 10.1. The summed E-state index contributed by atoms with van der Waals surface area (Å²) in [7, 11) is 0. The maximum Gasteiger partial charge on any atom is 0.311 e. The molecule has 0 radical (unpaired) electrons. The second-order valence-corrected chi connectivity index (χ2v) is 6.28. The van der Waals surface area contributed by atoms with Gasteiger partial charge in [-0.3, -0.25) is 9.59 Å². The van der Waals surface area contributed by atoms with E-state index < -0.39 is 18.0 Å². The predicted molar refractivity (Wildman–Crippen MR) is 93.5 cm³/mol. The minimum absolute atomic E-state index is 0.117. The minimum Gasteiger partial charge on any atom is -0.452 e. The van der Waals surface area contributed by atoms with Gasteiger partial charge in [-0.25, -0.2) is 0 Å². The summed E-state index contributed by atoms with van der Waals surface area (Å²) in [5.74, 6) is -0.845. The molecule has 23 heavy (non-hydrogen) atoms. The Bertz CT molecular complexity index is 686. The summed E-state index contributed by atoms with van der Waals surface area (Å²) < 4.78 is 6.09. The third-order valence-corrected chi connectivity index (χ3v) is 3.83. The Hall–Kier alpha value is -1.85. The van der Waals surface area contributed by atoms with Crippen molar-refractivity contribution in [3.63, 3.8) is 0 Å². The van der Waals surface area contributed by atoms with Gasteiger partial charge in [-0.05, 0) is 48.9 Å². The van der Waals surface area contributed by atoms with Gasteiger partial charge in [0.2, 0.25) is 0 Å². The smallest absolute Gasteiger partial charge is 0.311 e. The molecule has 2 aromatic rings. The Balaban J connectivity index is 1.86. The third-order valence-electron chi connectivity index (χ3n) is 3.05. The summed E-state index contributed by atoms with van der Waals surface area (Å²) in [5, 5.41) is 3.25. The average molecular weight is 397 g/mol. The number of carbonyl (C=O) groups is 2. The van der Waals surface area contributed by atoms with E-state index in [4.69, 9.17) is 16.3 Å². The summed E-state index contributed by atoms with van der Waals surface area (Å²) in [6.45, 7) is 1.53. The molecule has 2 rings (SSSR count). The molecule has 0 aliphatic rings. The van der Waals surface area contributed by atoms with Gasteiger partial charge in [0, 0.05) is 15.2 Å². The zero-order chi connectivity index (χ0) is 16.8. The second kappa shape index (κ2) is 8.13. The van der Waals surface area contributed by atoms with Crippen LogP contribution in [0.3, 0.4) is 0 Å². The Kier molecular flexibility index (Phi) is 6.19. The Morgan fingerprint density at radius 3 is 2.35 bits per heavy atom. The van der Waals surface area contributed by atoms with Crippen molar-refractivity contribution in [1.82, 2.24) is 0 Å². The van der Waals surface area contributed by atoms with E-state index >= 15 is 0 Å². The van der Waals surface area contributed by atoms with Crippen molar-refractivity contribution in [2.75, 3.05) is 5.32 Å². The van der Waals surface area contributed by atoms with Crippen LogP contribution in [0.1, 0.15) is 12.5 Å². The molecular formula is C17H15BrClNO3. The summed E-state index contributed by atoms with van der Waals surface area (Å²) in [6.07, 6.45) is -0.764. The number of amides is 1. The van der Waals surface area contributed by atoms with Crippen LogP contribution in [-0.4, -0.2) is 18.0 Å². The highest BCUT2D eigenvalue weighted by molar-refractivity contribution is 9.10. The molecule has 0 saturated heterocycles. The third kappa shape index (κ3) is 5.69. The fraction of sp³-hybridized carbons (Fsp3) is 0.176. The molecule has 6 heteroatoms. The van der Waals surface area contributed by atoms with Gasteiger partial charge in [-0.15, -0.1) is 0 Å².